The predicted molar refractivity (Wildman–Crippen MR) is 113 cm³/mol. The molecule has 1 aliphatic rings. The molecular weight excluding hydrogens is 364 g/mol. The Kier molecular flexibility index (Phi) is 15.7. The second kappa shape index (κ2) is 16.7. The van der Waals surface area contributed by atoms with E-state index in [0.29, 0.717) is 25.1 Å². The lowest BCUT2D eigenvalue weighted by molar-refractivity contribution is -0.147. The quantitative estimate of drug-likeness (QED) is 0.338. The van der Waals surface area contributed by atoms with Crippen LogP contribution in [0.4, 0.5) is 0 Å². The molecule has 0 atom stereocenters. The maximum absolute atomic E-state index is 11.8. The van der Waals surface area contributed by atoms with Crippen molar-refractivity contribution in [2.75, 3.05) is 19.8 Å². The fourth-order valence-electron chi connectivity index (χ4n) is 2.92. The molecule has 1 N–H and O–H groups in total. The molecule has 0 aliphatic carbocycles. The van der Waals surface area contributed by atoms with Crippen molar-refractivity contribution >= 4 is 24.3 Å². The first kappa shape index (κ1) is 25.5. The van der Waals surface area contributed by atoms with Gasteiger partial charge in [0.15, 0.2) is 6.73 Å². The standard InChI is InChI=1S/C21H36N2O3.ClH/c1-3-5-6-7-8-9-10-11-12-15-20(24)26-18-23-16-13-14-19(17-23)21(25)22-4-2;/h13-14,16H,3-12,15,17-18H2,1-2H3,(H,22,25);1H. The number of halogens is 1. The number of ether oxygens (including phenoxy) is 1. The Morgan fingerprint density at radius 1 is 1.04 bits per heavy atom. The molecule has 1 rings (SSSR count). The van der Waals surface area contributed by atoms with E-state index in [4.69, 9.17) is 4.74 Å². The van der Waals surface area contributed by atoms with Crippen molar-refractivity contribution in [1.82, 2.24) is 10.2 Å². The highest BCUT2D eigenvalue weighted by Crippen LogP contribution is 2.11. The smallest absolute Gasteiger partial charge is 0.307 e. The Bertz CT molecular complexity index is 478. The molecule has 27 heavy (non-hydrogen) atoms. The Morgan fingerprint density at radius 3 is 2.30 bits per heavy atom. The van der Waals surface area contributed by atoms with Crippen LogP contribution in [0, 0.1) is 0 Å². The topological polar surface area (TPSA) is 58.6 Å². The molecule has 6 heteroatoms. The average Bonchev–Trinajstić information content (AvgIpc) is 2.65. The number of carbonyl (C=O) groups is 2. The minimum absolute atomic E-state index is 0. The third kappa shape index (κ3) is 12.5. The number of allylic oxidation sites excluding steroid dienone is 2. The second-order valence-corrected chi connectivity index (χ2v) is 6.86. The van der Waals surface area contributed by atoms with E-state index in [1.807, 2.05) is 24.1 Å². The maximum atomic E-state index is 11.8. The van der Waals surface area contributed by atoms with E-state index >= 15 is 0 Å². The van der Waals surface area contributed by atoms with Gasteiger partial charge in [0, 0.05) is 24.7 Å². The van der Waals surface area contributed by atoms with E-state index in [-0.39, 0.29) is 31.0 Å². The van der Waals surface area contributed by atoms with Gasteiger partial charge in [0.05, 0.1) is 6.54 Å². The zero-order valence-electron chi connectivity index (χ0n) is 17.0. The molecule has 0 aromatic carbocycles. The van der Waals surface area contributed by atoms with Crippen molar-refractivity contribution in [3.05, 3.63) is 23.9 Å². The summed E-state index contributed by atoms with van der Waals surface area (Å²) in [5.41, 5.74) is 0.685. The van der Waals surface area contributed by atoms with E-state index in [2.05, 4.69) is 12.2 Å². The molecule has 0 aromatic heterocycles. The summed E-state index contributed by atoms with van der Waals surface area (Å²) in [6, 6.07) is 0. The van der Waals surface area contributed by atoms with E-state index in [1.165, 1.54) is 44.9 Å². The molecule has 1 heterocycles. The van der Waals surface area contributed by atoms with Gasteiger partial charge in [-0.2, -0.15) is 0 Å². The number of hydrogen-bond donors (Lipinski definition) is 1. The average molecular weight is 401 g/mol. The van der Waals surface area contributed by atoms with Crippen LogP contribution in [0.2, 0.25) is 0 Å². The molecule has 5 nitrogen and oxygen atoms in total. The van der Waals surface area contributed by atoms with Crippen molar-refractivity contribution < 1.29 is 14.3 Å². The van der Waals surface area contributed by atoms with Crippen LogP contribution in [-0.4, -0.2) is 36.6 Å². The van der Waals surface area contributed by atoms with Gasteiger partial charge in [-0.15, -0.1) is 12.4 Å². The van der Waals surface area contributed by atoms with E-state index in [0.717, 1.165) is 12.8 Å². The Morgan fingerprint density at radius 2 is 1.67 bits per heavy atom. The number of unbranched alkanes of at least 4 members (excludes halogenated alkanes) is 8. The molecule has 0 fully saturated rings. The van der Waals surface area contributed by atoms with Gasteiger partial charge in [0.25, 0.3) is 0 Å². The monoisotopic (exact) mass is 400 g/mol. The SMILES string of the molecule is CCCCCCCCCCCC(=O)OCN1C=CC=C(C(=O)NCC)C1.Cl. The van der Waals surface area contributed by atoms with Crippen molar-refractivity contribution in [2.45, 2.75) is 78.1 Å². The summed E-state index contributed by atoms with van der Waals surface area (Å²) in [6.07, 6.45) is 17.0. The summed E-state index contributed by atoms with van der Waals surface area (Å²) in [6.45, 7) is 5.40. The van der Waals surface area contributed by atoms with Crippen LogP contribution in [0.5, 0.6) is 0 Å². The molecule has 0 spiro atoms. The molecule has 0 unspecified atom stereocenters. The fraction of sp³-hybridized carbons (Fsp3) is 0.714. The molecular formula is C21H37ClN2O3. The number of amides is 1. The fourth-order valence-corrected chi connectivity index (χ4v) is 2.92. The van der Waals surface area contributed by atoms with Crippen molar-refractivity contribution in [1.29, 1.82) is 0 Å². The van der Waals surface area contributed by atoms with Crippen LogP contribution in [0.15, 0.2) is 23.9 Å². The Balaban J connectivity index is 0.00000676. The molecule has 1 amide bonds. The summed E-state index contributed by atoms with van der Waals surface area (Å²) in [5, 5.41) is 2.78. The van der Waals surface area contributed by atoms with Crippen molar-refractivity contribution in [3.63, 3.8) is 0 Å². The third-order valence-electron chi connectivity index (χ3n) is 4.47. The molecule has 1 aliphatic heterocycles. The number of carbonyl (C=O) groups excluding carboxylic acids is 2. The summed E-state index contributed by atoms with van der Waals surface area (Å²) in [7, 11) is 0. The highest BCUT2D eigenvalue weighted by molar-refractivity contribution is 5.94. The number of nitrogens with zero attached hydrogens (tertiary/aromatic N) is 1. The Labute approximate surface area is 171 Å². The zero-order valence-corrected chi connectivity index (χ0v) is 17.8. The Hall–Kier alpha value is -1.49. The number of esters is 1. The summed E-state index contributed by atoms with van der Waals surface area (Å²) in [4.78, 5) is 25.5. The zero-order chi connectivity index (χ0) is 19.0. The third-order valence-corrected chi connectivity index (χ3v) is 4.47. The van der Waals surface area contributed by atoms with Crippen LogP contribution in [0.3, 0.4) is 0 Å². The van der Waals surface area contributed by atoms with Crippen LogP contribution in [0.25, 0.3) is 0 Å². The largest absolute Gasteiger partial charge is 0.444 e. The number of likely N-dealkylation sites (N-methyl/N-ethyl adjacent to an activating group) is 1. The molecule has 0 aromatic rings. The van der Waals surface area contributed by atoms with Gasteiger partial charge >= 0.3 is 5.97 Å². The molecule has 0 bridgehead atoms. The summed E-state index contributed by atoms with van der Waals surface area (Å²) in [5.74, 6) is -0.224. The molecule has 156 valence electrons. The van der Waals surface area contributed by atoms with Crippen LogP contribution >= 0.6 is 12.4 Å². The minimum Gasteiger partial charge on any atom is -0.444 e. The van der Waals surface area contributed by atoms with Crippen molar-refractivity contribution in [3.8, 4) is 0 Å². The highest BCUT2D eigenvalue weighted by Gasteiger charge is 2.15. The van der Waals surface area contributed by atoms with Crippen molar-refractivity contribution in [2.24, 2.45) is 0 Å². The minimum atomic E-state index is -0.157. The number of hydrogen-bond acceptors (Lipinski definition) is 4. The van der Waals surface area contributed by atoms with Gasteiger partial charge in [-0.1, -0.05) is 64.4 Å². The van der Waals surface area contributed by atoms with Gasteiger partial charge in [-0.25, -0.2) is 0 Å². The highest BCUT2D eigenvalue weighted by atomic mass is 35.5. The van der Waals surface area contributed by atoms with Gasteiger partial charge in [-0.3, -0.25) is 9.59 Å². The lowest BCUT2D eigenvalue weighted by Crippen LogP contribution is -2.33. The summed E-state index contributed by atoms with van der Waals surface area (Å²) >= 11 is 0. The maximum Gasteiger partial charge on any atom is 0.307 e. The predicted octanol–water partition coefficient (Wildman–Crippen LogP) is 4.72. The van der Waals surface area contributed by atoms with E-state index < -0.39 is 0 Å². The van der Waals surface area contributed by atoms with Gasteiger partial charge in [0.1, 0.15) is 0 Å². The van der Waals surface area contributed by atoms with Crippen LogP contribution in [0.1, 0.15) is 78.1 Å². The molecule has 0 saturated heterocycles. The van der Waals surface area contributed by atoms with E-state index in [1.54, 1.807) is 6.08 Å². The molecule has 0 saturated carbocycles. The normalized spacial score (nSPS) is 13.0. The van der Waals surface area contributed by atoms with Gasteiger partial charge < -0.3 is 15.0 Å². The van der Waals surface area contributed by atoms with Crippen LogP contribution in [-0.2, 0) is 14.3 Å². The van der Waals surface area contributed by atoms with Gasteiger partial charge in [0.2, 0.25) is 5.91 Å². The first-order valence-corrected chi connectivity index (χ1v) is 10.2. The van der Waals surface area contributed by atoms with E-state index in [9.17, 15) is 9.59 Å². The number of nitrogens with one attached hydrogen (secondary N) is 1. The first-order chi connectivity index (χ1) is 12.7. The van der Waals surface area contributed by atoms with Crippen LogP contribution < -0.4 is 5.32 Å². The molecule has 0 radical (unpaired) electrons. The second-order valence-electron chi connectivity index (χ2n) is 6.86. The lowest BCUT2D eigenvalue weighted by Gasteiger charge is -2.23. The van der Waals surface area contributed by atoms with Gasteiger partial charge in [-0.05, 0) is 19.4 Å². The number of rotatable bonds is 14. The lowest BCUT2D eigenvalue weighted by atomic mass is 10.1. The first-order valence-electron chi connectivity index (χ1n) is 10.2. The summed E-state index contributed by atoms with van der Waals surface area (Å²) < 4.78 is 5.32.